The van der Waals surface area contributed by atoms with Crippen molar-refractivity contribution in [3.05, 3.63) is 64.4 Å². The molecule has 0 unspecified atom stereocenters. The fraction of sp³-hybridized carbons (Fsp3) is 0.409. The lowest BCUT2D eigenvalue weighted by Gasteiger charge is -2.37. The van der Waals surface area contributed by atoms with Crippen molar-refractivity contribution in [2.45, 2.75) is 37.9 Å². The minimum Gasteiger partial charge on any atom is -0.480 e. The summed E-state index contributed by atoms with van der Waals surface area (Å²) in [5, 5.41) is 9.13. The van der Waals surface area contributed by atoms with E-state index in [-0.39, 0.29) is 19.3 Å². The summed E-state index contributed by atoms with van der Waals surface area (Å²) in [6.07, 6.45) is 3.90. The summed E-state index contributed by atoms with van der Waals surface area (Å²) < 4.78 is 12.1. The molecule has 30 heavy (non-hydrogen) atoms. The number of pyridine rings is 1. The van der Waals surface area contributed by atoms with Gasteiger partial charge in [0.05, 0.1) is 5.60 Å². The highest BCUT2D eigenvalue weighted by Gasteiger charge is 2.36. The first-order chi connectivity index (χ1) is 14.5. The van der Waals surface area contributed by atoms with E-state index in [0.717, 1.165) is 11.1 Å². The van der Waals surface area contributed by atoms with Crippen LogP contribution in [0, 0.1) is 0 Å². The third-order valence-electron chi connectivity index (χ3n) is 5.21. The van der Waals surface area contributed by atoms with Crippen molar-refractivity contribution in [2.75, 3.05) is 19.7 Å². The molecule has 1 aliphatic rings. The molecule has 2 aromatic rings. The second kappa shape index (κ2) is 10.5. The zero-order valence-electron chi connectivity index (χ0n) is 16.6. The molecule has 0 radical (unpaired) electrons. The summed E-state index contributed by atoms with van der Waals surface area (Å²) in [6, 6.07) is 13.3. The number of aliphatic carboxylic acids is 1. The highest BCUT2D eigenvalue weighted by molar-refractivity contribution is 9.10. The van der Waals surface area contributed by atoms with Crippen LogP contribution >= 0.6 is 15.9 Å². The van der Waals surface area contributed by atoms with Gasteiger partial charge in [-0.15, -0.1) is 0 Å². The van der Waals surface area contributed by atoms with Gasteiger partial charge in [-0.3, -0.25) is 0 Å². The fourth-order valence-electron chi connectivity index (χ4n) is 3.70. The fourth-order valence-corrected chi connectivity index (χ4v) is 3.94. The van der Waals surface area contributed by atoms with Crippen molar-refractivity contribution in [2.24, 2.45) is 0 Å². The van der Waals surface area contributed by atoms with E-state index in [1.54, 1.807) is 11.1 Å². The Kier molecular flexibility index (Phi) is 7.81. The van der Waals surface area contributed by atoms with Crippen LogP contribution in [0.1, 0.15) is 36.8 Å². The topological polar surface area (TPSA) is 89.0 Å². The van der Waals surface area contributed by atoms with Gasteiger partial charge in [0.25, 0.3) is 0 Å². The van der Waals surface area contributed by atoms with Crippen LogP contribution in [0.5, 0.6) is 0 Å². The first-order valence-corrected chi connectivity index (χ1v) is 10.7. The Morgan fingerprint density at radius 1 is 1.10 bits per heavy atom. The predicted molar refractivity (Wildman–Crippen MR) is 114 cm³/mol. The Morgan fingerprint density at radius 3 is 2.40 bits per heavy atom. The molecule has 0 spiro atoms. The molecule has 1 aliphatic heterocycles. The third-order valence-corrected chi connectivity index (χ3v) is 5.68. The Hall–Kier alpha value is -2.45. The number of hydrogen-bond donors (Lipinski definition) is 1. The highest BCUT2D eigenvalue weighted by atomic mass is 79.9. The lowest BCUT2D eigenvalue weighted by atomic mass is 9.84. The molecule has 7 nitrogen and oxygen atoms in total. The Morgan fingerprint density at radius 2 is 1.80 bits per heavy atom. The number of amides is 1. The largest absolute Gasteiger partial charge is 0.480 e. The monoisotopic (exact) mass is 476 g/mol. The van der Waals surface area contributed by atoms with Gasteiger partial charge in [0.15, 0.2) is 0 Å². The van der Waals surface area contributed by atoms with Crippen LogP contribution in [0.15, 0.2) is 53.3 Å². The molecule has 1 N–H and O–H groups in total. The van der Waals surface area contributed by atoms with E-state index in [9.17, 15) is 9.59 Å². The normalized spacial score (nSPS) is 16.4. The van der Waals surface area contributed by atoms with Gasteiger partial charge >= 0.3 is 12.1 Å². The number of hydrogen-bond acceptors (Lipinski definition) is 5. The standard InChI is InChI=1S/C22H25BrN2O5/c23-19-9-8-18(14-24-19)22(30-16-20(26)27)10-4-12-25(13-5-11-22)21(28)29-15-17-6-2-1-3-7-17/h1-3,6-9,14H,4-5,10-13,15-16H2,(H,26,27). The Bertz CT molecular complexity index is 834. The second-order valence-corrected chi connectivity index (χ2v) is 8.09. The molecule has 0 saturated carbocycles. The molecule has 8 heteroatoms. The minimum absolute atomic E-state index is 0.242. The van der Waals surface area contributed by atoms with Crippen LogP contribution < -0.4 is 0 Å². The summed E-state index contributed by atoms with van der Waals surface area (Å²) in [6.45, 7) is 0.914. The molecule has 2 heterocycles. The summed E-state index contributed by atoms with van der Waals surface area (Å²) in [7, 11) is 0. The smallest absolute Gasteiger partial charge is 0.410 e. The van der Waals surface area contributed by atoms with E-state index in [1.165, 1.54) is 0 Å². The van der Waals surface area contributed by atoms with Crippen molar-refractivity contribution in [3.63, 3.8) is 0 Å². The van der Waals surface area contributed by atoms with Crippen LogP contribution in [-0.4, -0.2) is 46.7 Å². The van der Waals surface area contributed by atoms with E-state index in [1.807, 2.05) is 42.5 Å². The average molecular weight is 477 g/mol. The summed E-state index contributed by atoms with van der Waals surface area (Å²) in [4.78, 5) is 29.6. The lowest BCUT2D eigenvalue weighted by Crippen LogP contribution is -2.40. The van der Waals surface area contributed by atoms with Gasteiger partial charge < -0.3 is 19.5 Å². The molecule has 3 rings (SSSR count). The van der Waals surface area contributed by atoms with Gasteiger partial charge in [-0.1, -0.05) is 36.4 Å². The number of carboxylic acids is 1. The highest BCUT2D eigenvalue weighted by Crippen LogP contribution is 2.37. The average Bonchev–Trinajstić information content (AvgIpc) is 2.73. The molecule has 0 bridgehead atoms. The molecule has 160 valence electrons. The Balaban J connectivity index is 1.63. The second-order valence-electron chi connectivity index (χ2n) is 7.28. The van der Waals surface area contributed by atoms with E-state index < -0.39 is 11.6 Å². The van der Waals surface area contributed by atoms with E-state index in [4.69, 9.17) is 14.6 Å². The van der Waals surface area contributed by atoms with Crippen molar-refractivity contribution in [1.29, 1.82) is 0 Å². The zero-order chi connectivity index (χ0) is 21.4. The van der Waals surface area contributed by atoms with Gasteiger partial charge in [-0.05, 0) is 53.2 Å². The maximum atomic E-state index is 12.5. The van der Waals surface area contributed by atoms with Gasteiger partial charge in [-0.25, -0.2) is 14.6 Å². The van der Waals surface area contributed by atoms with E-state index in [2.05, 4.69) is 20.9 Å². The lowest BCUT2D eigenvalue weighted by molar-refractivity contribution is -0.152. The van der Waals surface area contributed by atoms with Crippen molar-refractivity contribution >= 4 is 28.0 Å². The molecule has 1 amide bonds. The number of halogens is 1. The SMILES string of the molecule is O=C(O)COC1(c2ccc(Br)nc2)CCCN(C(=O)OCc2ccccc2)CCC1. The van der Waals surface area contributed by atoms with E-state index >= 15 is 0 Å². The van der Waals surface area contributed by atoms with Crippen LogP contribution in [0.2, 0.25) is 0 Å². The molecule has 1 aromatic carbocycles. The number of likely N-dealkylation sites (tertiary alicyclic amines) is 1. The molecule has 1 saturated heterocycles. The first-order valence-electron chi connectivity index (χ1n) is 9.92. The van der Waals surface area contributed by atoms with Crippen LogP contribution in [-0.2, 0) is 26.5 Å². The van der Waals surface area contributed by atoms with Gasteiger partial charge in [0.1, 0.15) is 17.8 Å². The quantitative estimate of drug-likeness (QED) is 0.623. The number of nitrogens with zero attached hydrogens (tertiary/aromatic N) is 2. The Labute approximate surface area is 184 Å². The molecular formula is C22H25BrN2O5. The summed E-state index contributed by atoms with van der Waals surface area (Å²) in [5.74, 6) is -1.01. The molecule has 0 aliphatic carbocycles. The van der Waals surface area contributed by atoms with Crippen LogP contribution in [0.4, 0.5) is 4.79 Å². The molecular weight excluding hydrogens is 452 g/mol. The number of carbonyl (C=O) groups excluding carboxylic acids is 1. The number of benzene rings is 1. The summed E-state index contributed by atoms with van der Waals surface area (Å²) >= 11 is 3.33. The van der Waals surface area contributed by atoms with Crippen LogP contribution in [0.3, 0.4) is 0 Å². The number of carboxylic acid groups (broad SMARTS) is 1. The van der Waals surface area contributed by atoms with Crippen LogP contribution in [0.25, 0.3) is 0 Å². The van der Waals surface area contributed by atoms with Crippen molar-refractivity contribution < 1.29 is 24.2 Å². The van der Waals surface area contributed by atoms with Gasteiger partial charge in [-0.2, -0.15) is 0 Å². The van der Waals surface area contributed by atoms with Crippen molar-refractivity contribution in [1.82, 2.24) is 9.88 Å². The maximum absolute atomic E-state index is 12.5. The third kappa shape index (κ3) is 6.03. The number of rotatable bonds is 6. The molecule has 1 aromatic heterocycles. The molecule has 1 fully saturated rings. The number of carbonyl (C=O) groups is 2. The van der Waals surface area contributed by atoms with E-state index in [0.29, 0.717) is 43.4 Å². The minimum atomic E-state index is -1.01. The molecule has 0 atom stereocenters. The number of ether oxygens (including phenoxy) is 2. The van der Waals surface area contributed by atoms with Crippen molar-refractivity contribution in [3.8, 4) is 0 Å². The van der Waals surface area contributed by atoms with Gasteiger partial charge in [0.2, 0.25) is 0 Å². The first kappa shape index (κ1) is 22.2. The van der Waals surface area contributed by atoms with Gasteiger partial charge in [0, 0.05) is 24.8 Å². The summed E-state index contributed by atoms with van der Waals surface area (Å²) in [5.41, 5.74) is 1.07. The predicted octanol–water partition coefficient (Wildman–Crippen LogP) is 4.35. The zero-order valence-corrected chi connectivity index (χ0v) is 18.2. The number of aromatic nitrogens is 1. The maximum Gasteiger partial charge on any atom is 0.410 e.